The number of rotatable bonds is 2. The Kier molecular flexibility index (Phi) is 5.15. The zero-order chi connectivity index (χ0) is 19.1. The molecule has 0 radical (unpaired) electrons. The van der Waals surface area contributed by atoms with Crippen molar-refractivity contribution in [2.75, 3.05) is 6.61 Å². The molecule has 2 aromatic rings. The van der Waals surface area contributed by atoms with Crippen LogP contribution < -0.4 is 19.5 Å². The molecule has 0 fully saturated rings. The first-order valence-corrected chi connectivity index (χ1v) is 9.50. The number of H-pyrrole nitrogens is 1. The minimum atomic E-state index is -0.493. The number of hydrogen-bond donors (Lipinski definition) is 1. The highest BCUT2D eigenvalue weighted by Gasteiger charge is 2.19. The Labute approximate surface area is 164 Å². The van der Waals surface area contributed by atoms with Crippen molar-refractivity contribution in [3.05, 3.63) is 52.9 Å². The summed E-state index contributed by atoms with van der Waals surface area (Å²) in [6.45, 7) is 5.80. The summed E-state index contributed by atoms with van der Waals surface area (Å²) in [7, 11) is 0. The minimum absolute atomic E-state index is 0.0417. The summed E-state index contributed by atoms with van der Waals surface area (Å²) in [5.74, 6) is 0.540. The van der Waals surface area contributed by atoms with Crippen molar-refractivity contribution in [2.24, 2.45) is 5.41 Å². The van der Waals surface area contributed by atoms with E-state index in [0.717, 1.165) is 11.1 Å². The van der Waals surface area contributed by atoms with Crippen LogP contribution in [0.1, 0.15) is 26.3 Å². The number of ketones is 1. The van der Waals surface area contributed by atoms with Gasteiger partial charge in [-0.15, -0.1) is 11.3 Å². The van der Waals surface area contributed by atoms with Crippen LogP contribution in [0, 0.1) is 5.41 Å². The third kappa shape index (κ3) is 4.11. The molecule has 0 saturated heterocycles. The van der Waals surface area contributed by atoms with Crippen LogP contribution in [0.2, 0.25) is 10.0 Å². The number of carbonyl (C=O) groups excluding carboxylic acids is 1. The van der Waals surface area contributed by atoms with E-state index in [1.807, 2.05) is 26.8 Å². The summed E-state index contributed by atoms with van der Waals surface area (Å²) in [5.41, 5.74) is 0.852. The largest absolute Gasteiger partial charge is 0.487 e. The molecule has 26 heavy (non-hydrogen) atoms. The van der Waals surface area contributed by atoms with E-state index in [4.69, 9.17) is 27.9 Å². The lowest BCUT2D eigenvalue weighted by atomic mass is 9.91. The van der Waals surface area contributed by atoms with E-state index in [1.54, 1.807) is 18.2 Å². The van der Waals surface area contributed by atoms with Crippen LogP contribution in [0.4, 0.5) is 0 Å². The maximum atomic E-state index is 12.2. The molecule has 0 unspecified atom stereocenters. The molecule has 3 rings (SSSR count). The van der Waals surface area contributed by atoms with Crippen LogP contribution in [-0.2, 0) is 4.79 Å². The van der Waals surface area contributed by atoms with Gasteiger partial charge < -0.3 is 9.72 Å². The Morgan fingerprint density at radius 2 is 2.04 bits per heavy atom. The number of hydrogen-bond acceptors (Lipinski definition) is 4. The molecule has 1 N–H and O–H groups in total. The van der Waals surface area contributed by atoms with Gasteiger partial charge in [-0.2, -0.15) is 0 Å². The molecule has 136 valence electrons. The Hall–Kier alpha value is -1.82. The predicted molar refractivity (Wildman–Crippen MR) is 108 cm³/mol. The lowest BCUT2D eigenvalue weighted by molar-refractivity contribution is -0.119. The van der Waals surface area contributed by atoms with Crippen molar-refractivity contribution < 1.29 is 9.53 Å². The van der Waals surface area contributed by atoms with Gasteiger partial charge >= 0.3 is 0 Å². The monoisotopic (exact) mass is 409 g/mol. The molecule has 0 amide bonds. The molecule has 1 aliphatic rings. The second kappa shape index (κ2) is 7.06. The average Bonchev–Trinajstić information content (AvgIpc) is 2.85. The second-order valence-electron chi connectivity index (χ2n) is 7.00. The molecule has 1 aromatic carbocycles. The van der Waals surface area contributed by atoms with Gasteiger partial charge in [0.25, 0.3) is 5.56 Å². The SMILES string of the molecule is CC(C)(C)C(=O)/C=c1/[nH]c(=O)/c(=C/C2=Cc3cc(Cl)cc(Cl)c3OC2)s1. The summed E-state index contributed by atoms with van der Waals surface area (Å²) in [5, 5.41) is 0.968. The summed E-state index contributed by atoms with van der Waals surface area (Å²) in [6.07, 6.45) is 5.11. The highest BCUT2D eigenvalue weighted by Crippen LogP contribution is 2.36. The lowest BCUT2D eigenvalue weighted by Crippen LogP contribution is -2.22. The lowest BCUT2D eigenvalue weighted by Gasteiger charge is -2.17. The fourth-order valence-corrected chi connectivity index (χ4v) is 3.81. The highest BCUT2D eigenvalue weighted by molar-refractivity contribution is 7.07. The van der Waals surface area contributed by atoms with Crippen LogP contribution in [-0.4, -0.2) is 17.4 Å². The minimum Gasteiger partial charge on any atom is -0.487 e. The van der Waals surface area contributed by atoms with Gasteiger partial charge in [0.15, 0.2) is 5.78 Å². The number of carbonyl (C=O) groups is 1. The molecule has 4 nitrogen and oxygen atoms in total. The third-order valence-corrected chi connectivity index (χ3v) is 5.22. The normalized spacial score (nSPS) is 15.5. The molecule has 1 aromatic heterocycles. The van der Waals surface area contributed by atoms with Gasteiger partial charge in [0.05, 0.1) is 14.2 Å². The van der Waals surface area contributed by atoms with Crippen molar-refractivity contribution in [2.45, 2.75) is 20.8 Å². The summed E-state index contributed by atoms with van der Waals surface area (Å²) < 4.78 is 6.73. The summed E-state index contributed by atoms with van der Waals surface area (Å²) in [6, 6.07) is 3.39. The van der Waals surface area contributed by atoms with Gasteiger partial charge in [-0.25, -0.2) is 0 Å². The van der Waals surface area contributed by atoms with Crippen molar-refractivity contribution in [1.82, 2.24) is 4.98 Å². The van der Waals surface area contributed by atoms with E-state index in [2.05, 4.69) is 4.98 Å². The predicted octanol–water partition coefficient (Wildman–Crippen LogP) is 3.40. The first-order chi connectivity index (χ1) is 12.1. The average molecular weight is 410 g/mol. The van der Waals surface area contributed by atoms with Gasteiger partial charge in [-0.3, -0.25) is 9.59 Å². The number of nitrogens with one attached hydrogen (secondary N) is 1. The number of thiazole rings is 1. The smallest absolute Gasteiger partial charge is 0.266 e. The number of halogens is 2. The number of benzene rings is 1. The molecular formula is C19H17Cl2NO3S. The summed E-state index contributed by atoms with van der Waals surface area (Å²) >= 11 is 13.4. The highest BCUT2D eigenvalue weighted by atomic mass is 35.5. The van der Waals surface area contributed by atoms with Crippen LogP contribution in [0.25, 0.3) is 18.2 Å². The van der Waals surface area contributed by atoms with Crippen molar-refractivity contribution in [3.8, 4) is 5.75 Å². The molecule has 0 bridgehead atoms. The van der Waals surface area contributed by atoms with Crippen LogP contribution in [0.5, 0.6) is 5.75 Å². The number of Topliss-reactive ketones (excluding diaryl/α,β-unsaturated/α-hetero) is 1. The molecule has 0 aliphatic carbocycles. The maximum absolute atomic E-state index is 12.2. The van der Waals surface area contributed by atoms with E-state index in [-0.39, 0.29) is 11.3 Å². The Balaban J connectivity index is 2.02. The fourth-order valence-electron chi connectivity index (χ4n) is 2.35. The molecule has 1 aliphatic heterocycles. The Morgan fingerprint density at radius 3 is 2.73 bits per heavy atom. The van der Waals surface area contributed by atoms with Crippen LogP contribution in [0.15, 0.2) is 22.5 Å². The van der Waals surface area contributed by atoms with Gasteiger partial charge in [0.1, 0.15) is 12.4 Å². The van der Waals surface area contributed by atoms with Crippen molar-refractivity contribution in [1.29, 1.82) is 0 Å². The summed E-state index contributed by atoms with van der Waals surface area (Å²) in [4.78, 5) is 27.0. The van der Waals surface area contributed by atoms with E-state index in [0.29, 0.717) is 31.6 Å². The van der Waals surface area contributed by atoms with E-state index < -0.39 is 5.41 Å². The molecule has 2 heterocycles. The number of fused-ring (bicyclic) bond motifs is 1. The van der Waals surface area contributed by atoms with Crippen LogP contribution in [0.3, 0.4) is 0 Å². The molecule has 0 spiro atoms. The standard InChI is InChI=1S/C19H17Cl2NO3S/c1-19(2,3)15(23)8-16-22-18(24)14(26-16)5-10-4-11-6-12(20)7-13(21)17(11)25-9-10/h4-8H,9H2,1-3H3,(H,22,24)/b14-5-,16-8-. The molecule has 0 saturated carbocycles. The quantitative estimate of drug-likeness (QED) is 0.826. The molecule has 0 atom stereocenters. The topological polar surface area (TPSA) is 59.2 Å². The van der Waals surface area contributed by atoms with Gasteiger partial charge in [0.2, 0.25) is 0 Å². The van der Waals surface area contributed by atoms with E-state index in [1.165, 1.54) is 17.4 Å². The Morgan fingerprint density at radius 1 is 1.31 bits per heavy atom. The Bertz CT molecular complexity index is 1090. The van der Waals surface area contributed by atoms with E-state index >= 15 is 0 Å². The number of aromatic amines is 1. The fraction of sp³-hybridized carbons (Fsp3) is 0.263. The van der Waals surface area contributed by atoms with Gasteiger partial charge in [-0.1, -0.05) is 44.0 Å². The zero-order valence-electron chi connectivity index (χ0n) is 14.5. The first kappa shape index (κ1) is 19.0. The van der Waals surface area contributed by atoms with E-state index in [9.17, 15) is 9.59 Å². The molecular weight excluding hydrogens is 393 g/mol. The first-order valence-electron chi connectivity index (χ1n) is 7.93. The number of aromatic nitrogens is 1. The van der Waals surface area contributed by atoms with Gasteiger partial charge in [-0.05, 0) is 29.9 Å². The second-order valence-corrected chi connectivity index (χ2v) is 8.93. The van der Waals surface area contributed by atoms with Crippen LogP contribution >= 0.6 is 34.5 Å². The third-order valence-electron chi connectivity index (χ3n) is 3.76. The molecule has 7 heteroatoms. The number of ether oxygens (including phenoxy) is 1. The van der Waals surface area contributed by atoms with Gasteiger partial charge in [0, 0.05) is 22.1 Å². The zero-order valence-corrected chi connectivity index (χ0v) is 16.8. The van der Waals surface area contributed by atoms with Crippen molar-refractivity contribution >= 4 is 58.5 Å². The van der Waals surface area contributed by atoms with Crippen molar-refractivity contribution in [3.63, 3.8) is 0 Å². The maximum Gasteiger partial charge on any atom is 0.266 e.